The molecule has 25 heavy (non-hydrogen) atoms. The van der Waals surface area contributed by atoms with Gasteiger partial charge in [0.25, 0.3) is 5.91 Å². The second kappa shape index (κ2) is 6.36. The van der Waals surface area contributed by atoms with Gasteiger partial charge < -0.3 is 20.3 Å². The fourth-order valence-corrected chi connectivity index (χ4v) is 3.49. The van der Waals surface area contributed by atoms with Crippen LogP contribution in [-0.4, -0.2) is 56.0 Å². The molecule has 3 amide bonds. The van der Waals surface area contributed by atoms with Crippen molar-refractivity contribution in [2.24, 2.45) is 0 Å². The molecule has 8 heteroatoms. The van der Waals surface area contributed by atoms with Crippen molar-refractivity contribution in [3.05, 3.63) is 23.8 Å². The summed E-state index contributed by atoms with van der Waals surface area (Å²) in [6.45, 7) is 3.30. The van der Waals surface area contributed by atoms with Crippen LogP contribution in [0.5, 0.6) is 5.75 Å². The number of imide groups is 1. The van der Waals surface area contributed by atoms with E-state index in [1.807, 2.05) is 6.07 Å². The zero-order valence-corrected chi connectivity index (χ0v) is 13.7. The van der Waals surface area contributed by atoms with Gasteiger partial charge in [0, 0.05) is 31.6 Å². The standard InChI is InChI=1S/C17H20N4O4/c22-15-4-2-12(17(24)20-15)19-16(23)10-1-3-13-14(7-10)25-9-11-8-18-5-6-21(11)13/h1,3,7,11-12,18H,2,4-6,8-9H2,(H,19,23)(H,20,22,24)/t11-,12-/m0/s1. The lowest BCUT2D eigenvalue weighted by molar-refractivity contribution is -0.134. The summed E-state index contributed by atoms with van der Waals surface area (Å²) < 4.78 is 5.82. The molecule has 3 aliphatic heterocycles. The lowest BCUT2D eigenvalue weighted by atomic mass is 10.0. The summed E-state index contributed by atoms with van der Waals surface area (Å²) in [5.74, 6) is -0.414. The third-order valence-electron chi connectivity index (χ3n) is 4.86. The first kappa shape index (κ1) is 15.9. The maximum atomic E-state index is 12.5. The number of nitrogens with one attached hydrogen (secondary N) is 3. The molecule has 8 nitrogen and oxygen atoms in total. The molecule has 1 aromatic rings. The molecule has 3 aliphatic rings. The number of carbonyl (C=O) groups is 3. The highest BCUT2D eigenvalue weighted by atomic mass is 16.5. The van der Waals surface area contributed by atoms with Gasteiger partial charge in [-0.05, 0) is 24.6 Å². The van der Waals surface area contributed by atoms with E-state index in [0.29, 0.717) is 30.4 Å². The number of piperazine rings is 1. The SMILES string of the molecule is O=C1CC[C@H](NC(=O)c2ccc3c(c2)OC[C@@H]2CNCCN32)C(=O)N1. The van der Waals surface area contributed by atoms with Crippen LogP contribution in [0.15, 0.2) is 18.2 Å². The number of carbonyl (C=O) groups excluding carboxylic acids is 3. The number of fused-ring (bicyclic) bond motifs is 3. The van der Waals surface area contributed by atoms with Gasteiger partial charge in [0.1, 0.15) is 18.4 Å². The zero-order chi connectivity index (χ0) is 17.4. The van der Waals surface area contributed by atoms with Crippen LogP contribution in [0.25, 0.3) is 0 Å². The second-order valence-corrected chi connectivity index (χ2v) is 6.52. The molecule has 4 rings (SSSR count). The van der Waals surface area contributed by atoms with Crippen LogP contribution in [0, 0.1) is 0 Å². The predicted molar refractivity (Wildman–Crippen MR) is 89.6 cm³/mol. The van der Waals surface area contributed by atoms with E-state index in [9.17, 15) is 14.4 Å². The third-order valence-corrected chi connectivity index (χ3v) is 4.86. The summed E-state index contributed by atoms with van der Waals surface area (Å²) in [7, 11) is 0. The largest absolute Gasteiger partial charge is 0.489 e. The highest BCUT2D eigenvalue weighted by molar-refractivity contribution is 6.04. The fraction of sp³-hybridized carbons (Fsp3) is 0.471. The number of nitrogens with zero attached hydrogens (tertiary/aromatic N) is 1. The van der Waals surface area contributed by atoms with Crippen LogP contribution in [0.2, 0.25) is 0 Å². The van der Waals surface area contributed by atoms with Crippen LogP contribution >= 0.6 is 0 Å². The fourth-order valence-electron chi connectivity index (χ4n) is 3.49. The number of rotatable bonds is 2. The molecule has 0 spiro atoms. The van der Waals surface area contributed by atoms with E-state index in [1.165, 1.54) is 0 Å². The van der Waals surface area contributed by atoms with Gasteiger partial charge in [-0.2, -0.15) is 0 Å². The van der Waals surface area contributed by atoms with Crippen molar-refractivity contribution >= 4 is 23.4 Å². The third kappa shape index (κ3) is 3.05. The first-order valence-corrected chi connectivity index (χ1v) is 8.50. The van der Waals surface area contributed by atoms with E-state index in [4.69, 9.17) is 4.74 Å². The van der Waals surface area contributed by atoms with Gasteiger partial charge in [0.2, 0.25) is 11.8 Å². The van der Waals surface area contributed by atoms with Gasteiger partial charge in [0.05, 0.1) is 11.7 Å². The van der Waals surface area contributed by atoms with Crippen LogP contribution in [0.4, 0.5) is 5.69 Å². The zero-order valence-electron chi connectivity index (χ0n) is 13.7. The average Bonchev–Trinajstić information content (AvgIpc) is 2.63. The summed E-state index contributed by atoms with van der Waals surface area (Å²) >= 11 is 0. The van der Waals surface area contributed by atoms with Crippen molar-refractivity contribution in [2.45, 2.75) is 24.9 Å². The van der Waals surface area contributed by atoms with Gasteiger partial charge in [-0.1, -0.05) is 0 Å². The van der Waals surface area contributed by atoms with Crippen LogP contribution in [0.1, 0.15) is 23.2 Å². The van der Waals surface area contributed by atoms with E-state index in [0.717, 1.165) is 25.3 Å². The molecule has 2 atom stereocenters. The van der Waals surface area contributed by atoms with Crippen molar-refractivity contribution in [3.63, 3.8) is 0 Å². The Bertz CT molecular complexity index is 735. The maximum absolute atomic E-state index is 12.5. The van der Waals surface area contributed by atoms with Crippen molar-refractivity contribution in [1.82, 2.24) is 16.0 Å². The molecule has 0 saturated carbocycles. The molecular weight excluding hydrogens is 324 g/mol. The van der Waals surface area contributed by atoms with Gasteiger partial charge in [0.15, 0.2) is 0 Å². The average molecular weight is 344 g/mol. The lowest BCUT2D eigenvalue weighted by Crippen LogP contribution is -2.55. The summed E-state index contributed by atoms with van der Waals surface area (Å²) in [4.78, 5) is 37.7. The van der Waals surface area contributed by atoms with Gasteiger partial charge in [-0.3, -0.25) is 19.7 Å². The Hall–Kier alpha value is -2.61. The molecule has 3 heterocycles. The monoisotopic (exact) mass is 344 g/mol. The quantitative estimate of drug-likeness (QED) is 0.619. The van der Waals surface area contributed by atoms with Crippen molar-refractivity contribution in [1.29, 1.82) is 0 Å². The number of ether oxygens (including phenoxy) is 1. The first-order valence-electron chi connectivity index (χ1n) is 8.50. The van der Waals surface area contributed by atoms with E-state index in [1.54, 1.807) is 12.1 Å². The second-order valence-electron chi connectivity index (χ2n) is 6.52. The molecule has 2 fully saturated rings. The van der Waals surface area contributed by atoms with E-state index in [-0.39, 0.29) is 18.2 Å². The Morgan fingerprint density at radius 2 is 2.20 bits per heavy atom. The molecule has 0 aromatic heterocycles. The van der Waals surface area contributed by atoms with Crippen LogP contribution in [0.3, 0.4) is 0 Å². The smallest absolute Gasteiger partial charge is 0.252 e. The Labute approximate surface area is 144 Å². The molecule has 1 aromatic carbocycles. The van der Waals surface area contributed by atoms with E-state index in [2.05, 4.69) is 20.9 Å². The Morgan fingerprint density at radius 3 is 3.04 bits per heavy atom. The number of amides is 3. The van der Waals surface area contributed by atoms with Crippen molar-refractivity contribution in [2.75, 3.05) is 31.1 Å². The Morgan fingerprint density at radius 1 is 1.32 bits per heavy atom. The minimum atomic E-state index is -0.681. The lowest BCUT2D eigenvalue weighted by Gasteiger charge is -2.42. The minimum Gasteiger partial charge on any atom is -0.489 e. The first-order chi connectivity index (χ1) is 12.1. The van der Waals surface area contributed by atoms with Gasteiger partial charge in [-0.15, -0.1) is 0 Å². The Kier molecular flexibility index (Phi) is 4.04. The number of piperidine rings is 1. The van der Waals surface area contributed by atoms with E-state index < -0.39 is 11.9 Å². The summed E-state index contributed by atoms with van der Waals surface area (Å²) in [6, 6.07) is 4.98. The number of benzene rings is 1. The molecule has 3 N–H and O–H groups in total. The topological polar surface area (TPSA) is 99.8 Å². The van der Waals surface area contributed by atoms with E-state index >= 15 is 0 Å². The van der Waals surface area contributed by atoms with Gasteiger partial charge >= 0.3 is 0 Å². The molecule has 0 unspecified atom stereocenters. The number of anilines is 1. The van der Waals surface area contributed by atoms with Gasteiger partial charge in [-0.25, -0.2) is 0 Å². The molecule has 2 saturated heterocycles. The highest BCUT2D eigenvalue weighted by Gasteiger charge is 2.31. The summed E-state index contributed by atoms with van der Waals surface area (Å²) in [5, 5.41) is 8.27. The maximum Gasteiger partial charge on any atom is 0.252 e. The normalized spacial score (nSPS) is 25.4. The molecule has 0 aliphatic carbocycles. The van der Waals surface area contributed by atoms with Crippen LogP contribution in [-0.2, 0) is 9.59 Å². The Balaban J connectivity index is 1.49. The summed E-state index contributed by atoms with van der Waals surface area (Å²) in [5.41, 5.74) is 1.44. The van der Waals surface area contributed by atoms with Crippen molar-refractivity contribution in [3.8, 4) is 5.75 Å². The number of hydrogen-bond acceptors (Lipinski definition) is 6. The molecular formula is C17H20N4O4. The molecule has 0 bridgehead atoms. The van der Waals surface area contributed by atoms with Crippen molar-refractivity contribution < 1.29 is 19.1 Å². The van der Waals surface area contributed by atoms with Crippen LogP contribution < -0.4 is 25.6 Å². The highest BCUT2D eigenvalue weighted by Crippen LogP contribution is 2.35. The predicted octanol–water partition coefficient (Wildman–Crippen LogP) is -0.608. The summed E-state index contributed by atoms with van der Waals surface area (Å²) in [6.07, 6.45) is 0.550. The minimum absolute atomic E-state index is 0.231. The molecule has 132 valence electrons. The number of hydrogen-bond donors (Lipinski definition) is 3. The molecule has 0 radical (unpaired) electrons.